The minimum atomic E-state index is -0.723. The van der Waals surface area contributed by atoms with E-state index in [4.69, 9.17) is 11.6 Å². The van der Waals surface area contributed by atoms with Gasteiger partial charge < -0.3 is 10.6 Å². The molecular formula is C17H18ClN5O3. The molecule has 1 atom stereocenters. The molecule has 1 saturated heterocycles. The van der Waals surface area contributed by atoms with Gasteiger partial charge in [0.25, 0.3) is 5.91 Å². The number of nitrogens with one attached hydrogen (secondary N) is 2. The lowest BCUT2D eigenvalue weighted by atomic mass is 10.1. The van der Waals surface area contributed by atoms with Crippen molar-refractivity contribution in [1.82, 2.24) is 20.0 Å². The Balaban J connectivity index is 1.55. The highest BCUT2D eigenvalue weighted by molar-refractivity contribution is 6.31. The summed E-state index contributed by atoms with van der Waals surface area (Å²) >= 11 is 6.09. The van der Waals surface area contributed by atoms with Gasteiger partial charge in [-0.05, 0) is 18.1 Å². The number of benzene rings is 1. The number of hydrogen-bond donors (Lipinski definition) is 2. The Morgan fingerprint density at radius 1 is 1.31 bits per heavy atom. The van der Waals surface area contributed by atoms with Crippen molar-refractivity contribution >= 4 is 35.3 Å². The summed E-state index contributed by atoms with van der Waals surface area (Å²) in [7, 11) is 1.75. The Morgan fingerprint density at radius 2 is 2.08 bits per heavy atom. The molecule has 0 unspecified atom stereocenters. The van der Waals surface area contributed by atoms with E-state index in [0.717, 1.165) is 4.90 Å². The number of anilines is 1. The molecule has 1 aromatic heterocycles. The molecule has 0 spiro atoms. The summed E-state index contributed by atoms with van der Waals surface area (Å²) in [6, 6.07) is 7.50. The summed E-state index contributed by atoms with van der Waals surface area (Å²) in [5.74, 6) is -0.185. The highest BCUT2D eigenvalue weighted by atomic mass is 35.5. The first-order valence-corrected chi connectivity index (χ1v) is 8.46. The van der Waals surface area contributed by atoms with Gasteiger partial charge in [-0.2, -0.15) is 5.10 Å². The van der Waals surface area contributed by atoms with Gasteiger partial charge in [-0.1, -0.05) is 29.8 Å². The molecule has 1 aliphatic heterocycles. The van der Waals surface area contributed by atoms with Crippen LogP contribution in [0.15, 0.2) is 36.5 Å². The third-order valence-electron chi connectivity index (χ3n) is 4.03. The van der Waals surface area contributed by atoms with E-state index in [1.807, 2.05) is 0 Å². The van der Waals surface area contributed by atoms with Crippen molar-refractivity contribution in [3.63, 3.8) is 0 Å². The predicted octanol–water partition coefficient (Wildman–Crippen LogP) is 1.91. The fourth-order valence-corrected chi connectivity index (χ4v) is 2.88. The Morgan fingerprint density at radius 3 is 2.77 bits per heavy atom. The molecule has 0 saturated carbocycles. The molecule has 0 aliphatic carbocycles. The van der Waals surface area contributed by atoms with Crippen LogP contribution in [0.25, 0.3) is 0 Å². The van der Waals surface area contributed by atoms with Crippen molar-refractivity contribution in [1.29, 1.82) is 0 Å². The Hall–Kier alpha value is -2.87. The van der Waals surface area contributed by atoms with Crippen LogP contribution in [0.4, 0.5) is 10.6 Å². The molecule has 3 rings (SSSR count). The van der Waals surface area contributed by atoms with E-state index in [-0.39, 0.29) is 31.2 Å². The predicted molar refractivity (Wildman–Crippen MR) is 95.4 cm³/mol. The zero-order valence-corrected chi connectivity index (χ0v) is 14.9. The van der Waals surface area contributed by atoms with E-state index >= 15 is 0 Å². The third kappa shape index (κ3) is 4.02. The molecule has 2 N–H and O–H groups in total. The van der Waals surface area contributed by atoms with Crippen molar-refractivity contribution in [2.75, 3.05) is 5.32 Å². The van der Waals surface area contributed by atoms with Crippen LogP contribution in [0.1, 0.15) is 18.4 Å². The van der Waals surface area contributed by atoms with Gasteiger partial charge in [0.2, 0.25) is 5.91 Å². The minimum Gasteiger partial charge on any atom is -0.326 e. The maximum absolute atomic E-state index is 12.5. The summed E-state index contributed by atoms with van der Waals surface area (Å²) in [6.07, 6.45) is 2.01. The SMILES string of the molecule is Cn1ccc(NC(=O)CC[C@H]2NC(=O)N(Cc3ccccc3Cl)C2=O)n1. The second kappa shape index (κ2) is 7.57. The van der Waals surface area contributed by atoms with Gasteiger partial charge in [0, 0.05) is 30.8 Å². The fraction of sp³-hybridized carbons (Fsp3) is 0.294. The summed E-state index contributed by atoms with van der Waals surface area (Å²) in [4.78, 5) is 37.6. The molecular weight excluding hydrogens is 358 g/mol. The summed E-state index contributed by atoms with van der Waals surface area (Å²) < 4.78 is 1.57. The normalized spacial score (nSPS) is 16.7. The molecule has 1 aliphatic rings. The van der Waals surface area contributed by atoms with Crippen LogP contribution in [-0.2, 0) is 23.2 Å². The van der Waals surface area contributed by atoms with Gasteiger partial charge in [-0.25, -0.2) is 4.79 Å². The molecule has 0 radical (unpaired) electrons. The van der Waals surface area contributed by atoms with E-state index in [1.165, 1.54) is 0 Å². The smallest absolute Gasteiger partial charge is 0.325 e. The minimum absolute atomic E-state index is 0.0905. The third-order valence-corrected chi connectivity index (χ3v) is 4.40. The Kier molecular flexibility index (Phi) is 5.22. The molecule has 136 valence electrons. The summed E-state index contributed by atoms with van der Waals surface area (Å²) in [6.45, 7) is 0.0982. The van der Waals surface area contributed by atoms with Crippen LogP contribution in [0, 0.1) is 0 Å². The van der Waals surface area contributed by atoms with Crippen LogP contribution in [0.3, 0.4) is 0 Å². The molecule has 2 heterocycles. The highest BCUT2D eigenvalue weighted by Crippen LogP contribution is 2.20. The standard InChI is InChI=1S/C17H18ClN5O3/c1-22-9-8-14(21-22)20-15(24)7-6-13-16(25)23(17(26)19-13)10-11-4-2-3-5-12(11)18/h2-5,8-9,13H,6-7,10H2,1H3,(H,19,26)(H,20,21,24)/t13-/m1/s1. The van der Waals surface area contributed by atoms with Gasteiger partial charge in [0.05, 0.1) is 6.54 Å². The number of nitrogens with zero attached hydrogens (tertiary/aromatic N) is 3. The largest absolute Gasteiger partial charge is 0.326 e. The maximum atomic E-state index is 12.5. The van der Waals surface area contributed by atoms with Crippen molar-refractivity contribution in [2.45, 2.75) is 25.4 Å². The first kappa shape index (κ1) is 17.9. The number of carbonyl (C=O) groups is 3. The molecule has 4 amide bonds. The Labute approximate surface area is 155 Å². The number of imide groups is 1. The zero-order chi connectivity index (χ0) is 18.7. The number of urea groups is 1. The van der Waals surface area contributed by atoms with Crippen LogP contribution in [-0.4, -0.2) is 38.6 Å². The summed E-state index contributed by atoms with van der Waals surface area (Å²) in [5.41, 5.74) is 0.686. The van der Waals surface area contributed by atoms with Crippen molar-refractivity contribution in [3.8, 4) is 0 Å². The molecule has 0 bridgehead atoms. The molecule has 26 heavy (non-hydrogen) atoms. The van der Waals surface area contributed by atoms with Crippen molar-refractivity contribution in [3.05, 3.63) is 47.1 Å². The van der Waals surface area contributed by atoms with E-state index in [0.29, 0.717) is 16.4 Å². The number of aromatic nitrogens is 2. The number of amides is 4. The molecule has 2 aromatic rings. The van der Waals surface area contributed by atoms with Crippen LogP contribution in [0.5, 0.6) is 0 Å². The number of halogens is 1. The van der Waals surface area contributed by atoms with Gasteiger partial charge in [-0.15, -0.1) is 0 Å². The van der Waals surface area contributed by atoms with E-state index in [2.05, 4.69) is 15.7 Å². The molecule has 8 nitrogen and oxygen atoms in total. The van der Waals surface area contributed by atoms with Crippen LogP contribution in [0.2, 0.25) is 5.02 Å². The van der Waals surface area contributed by atoms with E-state index in [1.54, 1.807) is 48.3 Å². The zero-order valence-electron chi connectivity index (χ0n) is 14.1. The lowest BCUT2D eigenvalue weighted by Gasteiger charge is -2.14. The van der Waals surface area contributed by atoms with Gasteiger partial charge in [0.15, 0.2) is 5.82 Å². The number of aryl methyl sites for hydroxylation is 1. The van der Waals surface area contributed by atoms with E-state index in [9.17, 15) is 14.4 Å². The van der Waals surface area contributed by atoms with Crippen molar-refractivity contribution in [2.24, 2.45) is 7.05 Å². The molecule has 9 heteroatoms. The fourth-order valence-electron chi connectivity index (χ4n) is 2.68. The maximum Gasteiger partial charge on any atom is 0.325 e. The van der Waals surface area contributed by atoms with Crippen molar-refractivity contribution < 1.29 is 14.4 Å². The monoisotopic (exact) mass is 375 g/mol. The quantitative estimate of drug-likeness (QED) is 0.754. The van der Waals surface area contributed by atoms with E-state index < -0.39 is 12.1 Å². The molecule has 1 fully saturated rings. The second-order valence-corrected chi connectivity index (χ2v) is 6.39. The van der Waals surface area contributed by atoms with Gasteiger partial charge >= 0.3 is 6.03 Å². The number of rotatable bonds is 6. The number of carbonyl (C=O) groups excluding carboxylic acids is 3. The van der Waals surface area contributed by atoms with Crippen LogP contribution < -0.4 is 10.6 Å². The number of hydrogen-bond acceptors (Lipinski definition) is 4. The lowest BCUT2D eigenvalue weighted by molar-refractivity contribution is -0.128. The Bertz CT molecular complexity index is 850. The van der Waals surface area contributed by atoms with Gasteiger partial charge in [-0.3, -0.25) is 19.2 Å². The topological polar surface area (TPSA) is 96.3 Å². The first-order valence-electron chi connectivity index (χ1n) is 8.09. The molecule has 1 aromatic carbocycles. The van der Waals surface area contributed by atoms with Gasteiger partial charge in [0.1, 0.15) is 6.04 Å². The van der Waals surface area contributed by atoms with Crippen LogP contribution >= 0.6 is 11.6 Å². The average molecular weight is 376 g/mol. The first-order chi connectivity index (χ1) is 12.4. The highest BCUT2D eigenvalue weighted by Gasteiger charge is 2.38. The second-order valence-electron chi connectivity index (χ2n) is 5.98. The lowest BCUT2D eigenvalue weighted by Crippen LogP contribution is -2.31. The average Bonchev–Trinajstić information content (AvgIpc) is 3.12. The summed E-state index contributed by atoms with van der Waals surface area (Å²) in [5, 5.41) is 9.80.